The second-order valence-corrected chi connectivity index (χ2v) is 6.29. The number of rotatable bonds is 5. The second kappa shape index (κ2) is 6.34. The van der Waals surface area contributed by atoms with Crippen LogP contribution in [0.1, 0.15) is 37.0 Å². The van der Waals surface area contributed by atoms with E-state index in [2.05, 4.69) is 15.9 Å². The molecule has 0 bridgehead atoms. The third-order valence-corrected chi connectivity index (χ3v) is 4.65. The van der Waals surface area contributed by atoms with Gasteiger partial charge in [-0.15, -0.1) is 0 Å². The minimum atomic E-state index is -0.429. The molecule has 4 heteroatoms. The van der Waals surface area contributed by atoms with Crippen LogP contribution in [0.15, 0.2) is 18.2 Å². The minimum absolute atomic E-state index is 0.429. The first-order chi connectivity index (χ1) is 10.2. The lowest BCUT2D eigenvalue weighted by Crippen LogP contribution is -2.46. The highest BCUT2D eigenvalue weighted by molar-refractivity contribution is 5.38. The summed E-state index contributed by atoms with van der Waals surface area (Å²) in [6.45, 7) is 7.32. The number of aliphatic hydroxyl groups excluding tert-OH is 1. The molecule has 1 saturated heterocycles. The molecule has 1 aromatic rings. The molecule has 1 aliphatic heterocycles. The Morgan fingerprint density at radius 2 is 1.95 bits per heavy atom. The van der Waals surface area contributed by atoms with E-state index in [9.17, 15) is 5.11 Å². The number of nitrogens with zero attached hydrogens (tertiary/aromatic N) is 2. The first-order valence-corrected chi connectivity index (χ1v) is 7.98. The minimum Gasteiger partial charge on any atom is -0.496 e. The van der Waals surface area contributed by atoms with E-state index in [1.54, 1.807) is 14.0 Å². The quantitative estimate of drug-likeness (QED) is 0.900. The second-order valence-electron chi connectivity index (χ2n) is 6.29. The van der Waals surface area contributed by atoms with E-state index >= 15 is 0 Å². The molecule has 1 saturated carbocycles. The number of piperazine rings is 1. The molecule has 3 rings (SSSR count). The molecule has 1 aliphatic carbocycles. The van der Waals surface area contributed by atoms with Crippen molar-refractivity contribution in [2.45, 2.75) is 38.5 Å². The molecule has 1 unspecified atom stereocenters. The molecule has 1 heterocycles. The van der Waals surface area contributed by atoms with Gasteiger partial charge in [-0.1, -0.05) is 6.07 Å². The van der Waals surface area contributed by atoms with Crippen molar-refractivity contribution < 1.29 is 9.84 Å². The van der Waals surface area contributed by atoms with Gasteiger partial charge in [0, 0.05) is 44.3 Å². The number of hydrogen-bond acceptors (Lipinski definition) is 4. The molecular weight excluding hydrogens is 264 g/mol. The Morgan fingerprint density at radius 3 is 2.52 bits per heavy atom. The van der Waals surface area contributed by atoms with Crippen LogP contribution in [-0.2, 0) is 6.54 Å². The zero-order valence-electron chi connectivity index (χ0n) is 13.1. The largest absolute Gasteiger partial charge is 0.496 e. The zero-order valence-corrected chi connectivity index (χ0v) is 13.1. The molecule has 0 amide bonds. The lowest BCUT2D eigenvalue weighted by molar-refractivity contribution is 0.120. The van der Waals surface area contributed by atoms with Gasteiger partial charge in [-0.3, -0.25) is 9.80 Å². The van der Waals surface area contributed by atoms with Gasteiger partial charge in [0.1, 0.15) is 5.75 Å². The van der Waals surface area contributed by atoms with E-state index in [0.29, 0.717) is 0 Å². The van der Waals surface area contributed by atoms with Gasteiger partial charge in [-0.25, -0.2) is 0 Å². The van der Waals surface area contributed by atoms with E-state index in [4.69, 9.17) is 4.74 Å². The number of benzene rings is 1. The maximum Gasteiger partial charge on any atom is 0.123 e. The molecule has 2 aliphatic rings. The van der Waals surface area contributed by atoms with E-state index in [1.807, 2.05) is 12.1 Å². The van der Waals surface area contributed by atoms with E-state index in [0.717, 1.165) is 37.0 Å². The lowest BCUT2D eigenvalue weighted by atomic mass is 10.1. The molecule has 0 aromatic heterocycles. The number of ether oxygens (including phenoxy) is 1. The molecular formula is C17H26N2O2. The number of methoxy groups -OCH3 is 1. The van der Waals surface area contributed by atoms with Gasteiger partial charge in [0.25, 0.3) is 0 Å². The van der Waals surface area contributed by atoms with Crippen LogP contribution in [-0.4, -0.2) is 54.2 Å². The monoisotopic (exact) mass is 290 g/mol. The predicted octanol–water partition coefficient (Wildman–Crippen LogP) is 2.03. The first-order valence-electron chi connectivity index (χ1n) is 7.98. The topological polar surface area (TPSA) is 35.9 Å². The van der Waals surface area contributed by atoms with Crippen LogP contribution in [0, 0.1) is 0 Å². The smallest absolute Gasteiger partial charge is 0.123 e. The van der Waals surface area contributed by atoms with Gasteiger partial charge in [0.2, 0.25) is 0 Å². The Morgan fingerprint density at radius 1 is 1.24 bits per heavy atom. The fraction of sp³-hybridized carbons (Fsp3) is 0.647. The zero-order chi connectivity index (χ0) is 14.8. The Labute approximate surface area is 127 Å². The molecule has 116 valence electrons. The summed E-state index contributed by atoms with van der Waals surface area (Å²) in [7, 11) is 1.71. The van der Waals surface area contributed by atoms with Crippen LogP contribution in [0.4, 0.5) is 0 Å². The Hall–Kier alpha value is -1.10. The summed E-state index contributed by atoms with van der Waals surface area (Å²) in [4.78, 5) is 5.11. The van der Waals surface area contributed by atoms with Crippen LogP contribution in [0.5, 0.6) is 5.75 Å². The summed E-state index contributed by atoms with van der Waals surface area (Å²) in [6, 6.07) is 6.87. The van der Waals surface area contributed by atoms with Gasteiger partial charge in [0.15, 0.2) is 0 Å². The van der Waals surface area contributed by atoms with Crippen molar-refractivity contribution >= 4 is 0 Å². The molecule has 1 aromatic carbocycles. The summed E-state index contributed by atoms with van der Waals surface area (Å²) in [5, 5.41) is 9.76. The van der Waals surface area contributed by atoms with Crippen LogP contribution in [0.2, 0.25) is 0 Å². The lowest BCUT2D eigenvalue weighted by Gasteiger charge is -2.35. The van der Waals surface area contributed by atoms with Crippen LogP contribution >= 0.6 is 0 Å². The Bertz CT molecular complexity index is 478. The Balaban J connectivity index is 1.64. The van der Waals surface area contributed by atoms with Crippen molar-refractivity contribution in [2.24, 2.45) is 0 Å². The highest BCUT2D eigenvalue weighted by Crippen LogP contribution is 2.29. The summed E-state index contributed by atoms with van der Waals surface area (Å²) in [5.74, 6) is 0.920. The highest BCUT2D eigenvalue weighted by atomic mass is 16.5. The third-order valence-electron chi connectivity index (χ3n) is 4.65. The van der Waals surface area contributed by atoms with Crippen molar-refractivity contribution in [1.29, 1.82) is 0 Å². The third kappa shape index (κ3) is 3.57. The van der Waals surface area contributed by atoms with E-state index in [1.165, 1.54) is 31.5 Å². The molecule has 0 radical (unpaired) electrons. The van der Waals surface area contributed by atoms with E-state index in [-0.39, 0.29) is 0 Å². The molecule has 4 nitrogen and oxygen atoms in total. The first kappa shape index (κ1) is 14.8. The van der Waals surface area contributed by atoms with Gasteiger partial charge >= 0.3 is 0 Å². The fourth-order valence-electron chi connectivity index (χ4n) is 3.15. The molecule has 1 atom stereocenters. The van der Waals surface area contributed by atoms with Crippen LogP contribution in [0.25, 0.3) is 0 Å². The fourth-order valence-corrected chi connectivity index (χ4v) is 3.15. The van der Waals surface area contributed by atoms with Crippen molar-refractivity contribution in [1.82, 2.24) is 9.80 Å². The van der Waals surface area contributed by atoms with Crippen molar-refractivity contribution in [2.75, 3.05) is 33.3 Å². The molecule has 2 fully saturated rings. The maximum absolute atomic E-state index is 9.76. The van der Waals surface area contributed by atoms with Crippen molar-refractivity contribution in [3.8, 4) is 5.75 Å². The maximum atomic E-state index is 9.76. The molecule has 21 heavy (non-hydrogen) atoms. The standard InChI is InChI=1S/C17H26N2O2/c1-13(20)14-3-6-17(21-2)15(11-14)12-18-7-9-19(10-8-18)16-4-5-16/h3,6,11,13,16,20H,4-5,7-10,12H2,1-2H3. The predicted molar refractivity (Wildman–Crippen MR) is 83.5 cm³/mol. The summed E-state index contributed by atoms with van der Waals surface area (Å²) < 4.78 is 5.47. The normalized spacial score (nSPS) is 22.2. The van der Waals surface area contributed by atoms with Crippen molar-refractivity contribution in [3.63, 3.8) is 0 Å². The van der Waals surface area contributed by atoms with Gasteiger partial charge in [-0.2, -0.15) is 0 Å². The van der Waals surface area contributed by atoms with E-state index < -0.39 is 6.10 Å². The highest BCUT2D eigenvalue weighted by Gasteiger charge is 2.31. The Kier molecular flexibility index (Phi) is 4.48. The average Bonchev–Trinajstić information content (AvgIpc) is 3.32. The molecule has 1 N–H and O–H groups in total. The summed E-state index contributed by atoms with van der Waals surface area (Å²) in [5.41, 5.74) is 2.14. The van der Waals surface area contributed by atoms with Gasteiger partial charge < -0.3 is 9.84 Å². The average molecular weight is 290 g/mol. The van der Waals surface area contributed by atoms with Gasteiger partial charge in [-0.05, 0) is 37.5 Å². The number of aliphatic hydroxyl groups is 1. The van der Waals surface area contributed by atoms with Crippen LogP contribution < -0.4 is 4.74 Å². The summed E-state index contributed by atoms with van der Waals surface area (Å²) >= 11 is 0. The van der Waals surface area contributed by atoms with Crippen molar-refractivity contribution in [3.05, 3.63) is 29.3 Å². The summed E-state index contributed by atoms with van der Waals surface area (Å²) in [6.07, 6.45) is 2.36. The van der Waals surface area contributed by atoms with Gasteiger partial charge in [0.05, 0.1) is 13.2 Å². The van der Waals surface area contributed by atoms with Crippen LogP contribution in [0.3, 0.4) is 0 Å². The SMILES string of the molecule is COc1ccc(C(C)O)cc1CN1CCN(C2CC2)CC1. The number of hydrogen-bond donors (Lipinski definition) is 1. The molecule has 0 spiro atoms.